The van der Waals surface area contributed by atoms with E-state index in [1.54, 1.807) is 6.08 Å². The molecule has 4 heteroatoms. The Morgan fingerprint density at radius 1 is 1.36 bits per heavy atom. The highest BCUT2D eigenvalue weighted by atomic mass is 16.5. The second kappa shape index (κ2) is 10.6. The first-order valence-electron chi connectivity index (χ1n) is 8.30. The van der Waals surface area contributed by atoms with Gasteiger partial charge in [0.2, 0.25) is 0 Å². The lowest BCUT2D eigenvalue weighted by Crippen LogP contribution is -2.46. The van der Waals surface area contributed by atoms with Crippen LogP contribution >= 0.6 is 0 Å². The molecule has 0 aromatic carbocycles. The Balaban J connectivity index is 2.50. The molecule has 4 nitrogen and oxygen atoms in total. The lowest BCUT2D eigenvalue weighted by molar-refractivity contribution is 0.0167. The molecule has 1 fully saturated rings. The van der Waals surface area contributed by atoms with Crippen LogP contribution in [0.4, 0.5) is 0 Å². The Kier molecular flexibility index (Phi) is 9.13. The molecule has 1 rings (SSSR count). The number of aliphatic hydroxyl groups is 2. The van der Waals surface area contributed by atoms with E-state index in [1.807, 2.05) is 6.08 Å². The number of allylic oxidation sites excluding steroid dienone is 3. The first-order valence-corrected chi connectivity index (χ1v) is 8.30. The molecule has 2 N–H and O–H groups in total. The molecule has 126 valence electrons. The zero-order valence-corrected chi connectivity index (χ0v) is 13.8. The standard InChI is InChI=1S/C18H31NO3/c1-4-12-22-18(6-3)15(5-2)8-7-10-19-11-9-17(21)13-16(19)14-20/h5-6,16-17,20-21H,2-4,7-14H2,1H3/b18-15-. The Morgan fingerprint density at radius 3 is 2.73 bits per heavy atom. The molecule has 1 aliphatic heterocycles. The Labute approximate surface area is 134 Å². The van der Waals surface area contributed by atoms with E-state index in [2.05, 4.69) is 25.0 Å². The predicted molar refractivity (Wildman–Crippen MR) is 90.6 cm³/mol. The molecule has 1 heterocycles. The van der Waals surface area contributed by atoms with Crippen molar-refractivity contribution in [3.63, 3.8) is 0 Å². The van der Waals surface area contributed by atoms with E-state index in [1.165, 1.54) is 0 Å². The van der Waals surface area contributed by atoms with E-state index in [0.717, 1.165) is 50.1 Å². The van der Waals surface area contributed by atoms with Gasteiger partial charge in [-0.2, -0.15) is 0 Å². The highest BCUT2D eigenvalue weighted by Gasteiger charge is 2.26. The van der Waals surface area contributed by atoms with Gasteiger partial charge in [-0.3, -0.25) is 4.90 Å². The minimum Gasteiger partial charge on any atom is -0.493 e. The van der Waals surface area contributed by atoms with Crippen molar-refractivity contribution in [2.24, 2.45) is 0 Å². The van der Waals surface area contributed by atoms with Gasteiger partial charge in [0.15, 0.2) is 0 Å². The molecule has 0 aromatic rings. The number of ether oxygens (including phenoxy) is 1. The Bertz CT molecular complexity index is 379. The zero-order valence-electron chi connectivity index (χ0n) is 13.8. The molecule has 22 heavy (non-hydrogen) atoms. The molecular weight excluding hydrogens is 278 g/mol. The van der Waals surface area contributed by atoms with Crippen molar-refractivity contribution >= 4 is 0 Å². The van der Waals surface area contributed by atoms with Gasteiger partial charge in [0.25, 0.3) is 0 Å². The number of rotatable bonds is 10. The lowest BCUT2D eigenvalue weighted by atomic mass is 9.99. The van der Waals surface area contributed by atoms with Crippen LogP contribution in [0.25, 0.3) is 0 Å². The molecule has 0 aromatic heterocycles. The van der Waals surface area contributed by atoms with E-state index < -0.39 is 0 Å². The SMILES string of the molecule is C=C/C(CCCN1CCC(O)CC1CO)=C(\C=C)OCCC. The Hall–Kier alpha value is -1.10. The minimum absolute atomic E-state index is 0.0788. The number of nitrogens with zero attached hydrogens (tertiary/aromatic N) is 1. The maximum Gasteiger partial charge on any atom is 0.121 e. The van der Waals surface area contributed by atoms with Crippen LogP contribution < -0.4 is 0 Å². The molecule has 2 unspecified atom stereocenters. The fraction of sp³-hybridized carbons (Fsp3) is 0.667. The largest absolute Gasteiger partial charge is 0.493 e. The third-order valence-corrected chi connectivity index (χ3v) is 4.12. The van der Waals surface area contributed by atoms with E-state index in [-0.39, 0.29) is 18.8 Å². The average Bonchev–Trinajstić information content (AvgIpc) is 2.54. The van der Waals surface area contributed by atoms with Crippen molar-refractivity contribution in [2.75, 3.05) is 26.3 Å². The molecular formula is C18H31NO3. The number of piperidine rings is 1. The van der Waals surface area contributed by atoms with Gasteiger partial charge in [0.1, 0.15) is 5.76 Å². The maximum atomic E-state index is 9.68. The second-order valence-electron chi connectivity index (χ2n) is 5.80. The van der Waals surface area contributed by atoms with Crippen molar-refractivity contribution in [2.45, 2.75) is 51.2 Å². The van der Waals surface area contributed by atoms with Crippen molar-refractivity contribution in [3.05, 3.63) is 36.6 Å². The minimum atomic E-state index is -0.271. The van der Waals surface area contributed by atoms with Gasteiger partial charge in [0.05, 0.1) is 19.3 Å². The van der Waals surface area contributed by atoms with Crippen LogP contribution in [0.5, 0.6) is 0 Å². The number of aliphatic hydroxyl groups excluding tert-OH is 2. The van der Waals surface area contributed by atoms with E-state index in [9.17, 15) is 10.2 Å². The summed E-state index contributed by atoms with van der Waals surface area (Å²) in [6.07, 6.45) is 7.60. The van der Waals surface area contributed by atoms with Crippen LogP contribution in [0.3, 0.4) is 0 Å². The summed E-state index contributed by atoms with van der Waals surface area (Å²) in [5.74, 6) is 0.824. The van der Waals surface area contributed by atoms with Gasteiger partial charge < -0.3 is 14.9 Å². The van der Waals surface area contributed by atoms with E-state index in [0.29, 0.717) is 13.0 Å². The summed E-state index contributed by atoms with van der Waals surface area (Å²) < 4.78 is 5.70. The molecule has 0 bridgehead atoms. The van der Waals surface area contributed by atoms with Crippen molar-refractivity contribution in [1.29, 1.82) is 0 Å². The predicted octanol–water partition coefficient (Wildman–Crippen LogP) is 2.64. The van der Waals surface area contributed by atoms with E-state index >= 15 is 0 Å². The zero-order chi connectivity index (χ0) is 16.4. The number of likely N-dealkylation sites (tertiary alicyclic amines) is 1. The molecule has 1 aliphatic rings. The first kappa shape index (κ1) is 18.9. The molecule has 1 saturated heterocycles. The lowest BCUT2D eigenvalue weighted by Gasteiger charge is -2.36. The van der Waals surface area contributed by atoms with Gasteiger partial charge in [0, 0.05) is 12.6 Å². The van der Waals surface area contributed by atoms with Gasteiger partial charge in [-0.25, -0.2) is 0 Å². The van der Waals surface area contributed by atoms with Crippen LogP contribution in [0.15, 0.2) is 36.6 Å². The van der Waals surface area contributed by atoms with Crippen LogP contribution in [0.1, 0.15) is 39.0 Å². The number of hydrogen-bond acceptors (Lipinski definition) is 4. The Morgan fingerprint density at radius 2 is 2.14 bits per heavy atom. The molecule has 0 aliphatic carbocycles. The highest BCUT2D eigenvalue weighted by Crippen LogP contribution is 2.20. The van der Waals surface area contributed by atoms with Crippen LogP contribution in [-0.4, -0.2) is 53.6 Å². The summed E-state index contributed by atoms with van der Waals surface area (Å²) in [4.78, 5) is 2.27. The molecule has 0 radical (unpaired) electrons. The van der Waals surface area contributed by atoms with Crippen LogP contribution in [0.2, 0.25) is 0 Å². The molecule has 0 amide bonds. The van der Waals surface area contributed by atoms with Gasteiger partial charge in [-0.15, -0.1) is 0 Å². The monoisotopic (exact) mass is 309 g/mol. The summed E-state index contributed by atoms with van der Waals surface area (Å²) in [5.41, 5.74) is 1.08. The highest BCUT2D eigenvalue weighted by molar-refractivity contribution is 5.27. The topological polar surface area (TPSA) is 52.9 Å². The second-order valence-corrected chi connectivity index (χ2v) is 5.80. The van der Waals surface area contributed by atoms with Crippen LogP contribution in [-0.2, 0) is 4.74 Å². The van der Waals surface area contributed by atoms with Crippen molar-refractivity contribution in [3.8, 4) is 0 Å². The first-order chi connectivity index (χ1) is 10.7. The normalized spacial score (nSPS) is 23.8. The van der Waals surface area contributed by atoms with Crippen molar-refractivity contribution in [1.82, 2.24) is 4.90 Å². The summed E-state index contributed by atoms with van der Waals surface area (Å²) >= 11 is 0. The van der Waals surface area contributed by atoms with Gasteiger partial charge in [-0.05, 0) is 50.3 Å². The summed E-state index contributed by atoms with van der Waals surface area (Å²) in [6, 6.07) is 0.0788. The third-order valence-electron chi connectivity index (χ3n) is 4.12. The third kappa shape index (κ3) is 5.95. The van der Waals surface area contributed by atoms with Gasteiger partial charge >= 0.3 is 0 Å². The molecule has 0 spiro atoms. The fourth-order valence-corrected chi connectivity index (χ4v) is 2.86. The van der Waals surface area contributed by atoms with E-state index in [4.69, 9.17) is 4.74 Å². The van der Waals surface area contributed by atoms with Gasteiger partial charge in [-0.1, -0.05) is 26.2 Å². The molecule has 2 atom stereocenters. The fourth-order valence-electron chi connectivity index (χ4n) is 2.86. The smallest absolute Gasteiger partial charge is 0.121 e. The summed E-state index contributed by atoms with van der Waals surface area (Å²) in [5, 5.41) is 19.1. The average molecular weight is 309 g/mol. The quantitative estimate of drug-likeness (QED) is 0.481. The van der Waals surface area contributed by atoms with Crippen molar-refractivity contribution < 1.29 is 14.9 Å². The number of hydrogen-bond donors (Lipinski definition) is 2. The summed E-state index contributed by atoms with van der Waals surface area (Å²) in [7, 11) is 0. The molecule has 0 saturated carbocycles. The maximum absolute atomic E-state index is 9.68. The summed E-state index contributed by atoms with van der Waals surface area (Å²) in [6.45, 7) is 12.3. The van der Waals surface area contributed by atoms with Crippen LogP contribution in [0, 0.1) is 0 Å².